The number of benzene rings is 2. The highest BCUT2D eigenvalue weighted by atomic mass is 79.9. The molecule has 0 bridgehead atoms. The Hall–Kier alpha value is -1.99. The van der Waals surface area contributed by atoms with Crippen LogP contribution in [0.4, 0.5) is 15.9 Å². The first-order valence-corrected chi connectivity index (χ1v) is 11.4. The fourth-order valence-electron chi connectivity index (χ4n) is 3.09. The van der Waals surface area contributed by atoms with Crippen LogP contribution >= 0.6 is 39.1 Å². The third kappa shape index (κ3) is 5.62. The molecule has 3 aromatic rings. The Bertz CT molecular complexity index is 1160. The average molecular weight is 581 g/mol. The van der Waals surface area contributed by atoms with Gasteiger partial charge < -0.3 is 35.2 Å². The van der Waals surface area contributed by atoms with Gasteiger partial charge in [0.1, 0.15) is 24.4 Å². The van der Waals surface area contributed by atoms with Gasteiger partial charge in [-0.05, 0) is 34.1 Å². The quantitative estimate of drug-likeness (QED) is 0.229. The highest BCUT2D eigenvalue weighted by Gasteiger charge is 2.34. The van der Waals surface area contributed by atoms with Crippen LogP contribution in [-0.2, 0) is 0 Å². The number of nitrogens with zero attached hydrogens (tertiary/aromatic N) is 2. The fourth-order valence-corrected chi connectivity index (χ4v) is 3.91. The number of hydrogen-bond donors (Lipinski definition) is 5. The second-order valence-electron chi connectivity index (χ2n) is 7.11. The highest BCUT2D eigenvalue weighted by molar-refractivity contribution is 9.10. The molecular weight excluding hydrogens is 560 g/mol. The third-order valence-electron chi connectivity index (χ3n) is 4.94. The van der Waals surface area contributed by atoms with Crippen LogP contribution in [-0.4, -0.2) is 75.2 Å². The van der Waals surface area contributed by atoms with Crippen molar-refractivity contribution in [3.63, 3.8) is 0 Å². The standard InChI is InChI=1S/C21H21BrCl2FN3O6/c1-33-14-4-9-13(5-15(14)34-16(7-30)20(32)19(31)11(25)6-29)26-8-27-21(9)28-12-3-2-10(22)17(23)18(12)24/h2-5,8,11,16,19-20,29-32H,6-7H2,1H3,(H,26,27,28)/t11-,16-,19+,20+/m1/s1. The van der Waals surface area contributed by atoms with Crippen molar-refractivity contribution in [1.82, 2.24) is 9.97 Å². The lowest BCUT2D eigenvalue weighted by Gasteiger charge is -2.28. The molecule has 0 spiro atoms. The van der Waals surface area contributed by atoms with Crippen molar-refractivity contribution < 1.29 is 34.3 Å². The Labute approximate surface area is 212 Å². The van der Waals surface area contributed by atoms with Gasteiger partial charge in [0.2, 0.25) is 0 Å². The van der Waals surface area contributed by atoms with Gasteiger partial charge in [0.05, 0.1) is 41.6 Å². The van der Waals surface area contributed by atoms with Crippen LogP contribution in [0.3, 0.4) is 0 Å². The third-order valence-corrected chi connectivity index (χ3v) is 6.71. The number of aliphatic hydroxyl groups excluding tert-OH is 4. The highest BCUT2D eigenvalue weighted by Crippen LogP contribution is 2.39. The number of methoxy groups -OCH3 is 1. The van der Waals surface area contributed by atoms with Crippen molar-refractivity contribution in [2.24, 2.45) is 0 Å². The Balaban J connectivity index is 1.96. The summed E-state index contributed by atoms with van der Waals surface area (Å²) in [7, 11) is 1.37. The summed E-state index contributed by atoms with van der Waals surface area (Å²) >= 11 is 15.8. The van der Waals surface area contributed by atoms with Gasteiger partial charge in [-0.1, -0.05) is 23.2 Å². The lowest BCUT2D eigenvalue weighted by molar-refractivity contribution is -0.0981. The number of hydrogen-bond acceptors (Lipinski definition) is 9. The minimum absolute atomic E-state index is 0.0640. The fraction of sp³-hybridized carbons (Fsp3) is 0.333. The van der Waals surface area contributed by atoms with Crippen molar-refractivity contribution in [3.8, 4) is 11.5 Å². The van der Waals surface area contributed by atoms with E-state index < -0.39 is 37.7 Å². The van der Waals surface area contributed by atoms with E-state index in [1.54, 1.807) is 18.2 Å². The molecule has 0 fully saturated rings. The first-order chi connectivity index (χ1) is 16.2. The Morgan fingerprint density at radius 3 is 2.44 bits per heavy atom. The van der Waals surface area contributed by atoms with E-state index in [2.05, 4.69) is 31.2 Å². The van der Waals surface area contributed by atoms with Crippen molar-refractivity contribution in [2.75, 3.05) is 25.6 Å². The zero-order valence-corrected chi connectivity index (χ0v) is 20.7. The van der Waals surface area contributed by atoms with Gasteiger partial charge >= 0.3 is 0 Å². The maximum absolute atomic E-state index is 13.6. The minimum atomic E-state index is -2.12. The van der Waals surface area contributed by atoms with Gasteiger partial charge in [-0.3, -0.25) is 0 Å². The molecule has 0 aliphatic heterocycles. The van der Waals surface area contributed by atoms with Crippen LogP contribution in [0.15, 0.2) is 35.1 Å². The summed E-state index contributed by atoms with van der Waals surface area (Å²) in [6, 6.07) is 6.46. The van der Waals surface area contributed by atoms with Crippen LogP contribution in [0.25, 0.3) is 10.9 Å². The Morgan fingerprint density at radius 1 is 1.06 bits per heavy atom. The predicted molar refractivity (Wildman–Crippen MR) is 129 cm³/mol. The maximum atomic E-state index is 13.6. The number of aromatic nitrogens is 2. The molecule has 9 nitrogen and oxygen atoms in total. The van der Waals surface area contributed by atoms with E-state index in [1.807, 2.05) is 0 Å². The van der Waals surface area contributed by atoms with Crippen LogP contribution in [0.5, 0.6) is 11.5 Å². The predicted octanol–water partition coefficient (Wildman–Crippen LogP) is 3.24. The van der Waals surface area contributed by atoms with Gasteiger partial charge in [0, 0.05) is 15.9 Å². The monoisotopic (exact) mass is 579 g/mol. The number of nitrogens with one attached hydrogen (secondary N) is 1. The summed E-state index contributed by atoms with van der Waals surface area (Å²) in [6.45, 7) is -1.76. The second-order valence-corrected chi connectivity index (χ2v) is 8.72. The molecule has 34 heavy (non-hydrogen) atoms. The zero-order valence-electron chi connectivity index (χ0n) is 17.6. The smallest absolute Gasteiger partial charge is 0.164 e. The summed E-state index contributed by atoms with van der Waals surface area (Å²) in [4.78, 5) is 8.45. The number of fused-ring (bicyclic) bond motifs is 1. The normalized spacial score (nSPS) is 15.0. The van der Waals surface area contributed by atoms with Gasteiger partial charge in [-0.2, -0.15) is 0 Å². The van der Waals surface area contributed by atoms with Gasteiger partial charge in [0.15, 0.2) is 23.8 Å². The van der Waals surface area contributed by atoms with Crippen LogP contribution in [0.2, 0.25) is 10.0 Å². The molecule has 0 amide bonds. The SMILES string of the molecule is COc1cc2c(Nc3ccc(Br)c(Cl)c3Cl)ncnc2cc1O[C@H](CO)[C@H](O)[C@@H](O)[C@H](F)CO. The molecule has 0 saturated carbocycles. The van der Waals surface area contributed by atoms with E-state index in [0.717, 1.165) is 0 Å². The minimum Gasteiger partial charge on any atom is -0.493 e. The topological polar surface area (TPSA) is 137 Å². The summed E-state index contributed by atoms with van der Waals surface area (Å²) < 4.78 is 25.2. The molecule has 184 valence electrons. The number of aliphatic hydroxyl groups is 4. The molecule has 1 heterocycles. The molecule has 13 heteroatoms. The average Bonchev–Trinajstić information content (AvgIpc) is 2.85. The first-order valence-electron chi connectivity index (χ1n) is 9.83. The second kappa shape index (κ2) is 11.6. The van der Waals surface area contributed by atoms with E-state index in [4.69, 9.17) is 37.8 Å². The molecule has 0 aliphatic rings. The molecular formula is C21H21BrCl2FN3O6. The molecule has 2 aromatic carbocycles. The molecule has 1 aromatic heterocycles. The maximum Gasteiger partial charge on any atom is 0.164 e. The van der Waals surface area contributed by atoms with Gasteiger partial charge in [-0.25, -0.2) is 14.4 Å². The summed E-state index contributed by atoms with van der Waals surface area (Å²) in [5, 5.41) is 42.8. The lowest BCUT2D eigenvalue weighted by atomic mass is 10.0. The van der Waals surface area contributed by atoms with Crippen molar-refractivity contribution in [1.29, 1.82) is 0 Å². The molecule has 0 aliphatic carbocycles. The van der Waals surface area contributed by atoms with E-state index in [1.165, 1.54) is 19.5 Å². The molecule has 0 radical (unpaired) electrons. The molecule has 3 rings (SSSR count). The number of ether oxygens (including phenoxy) is 2. The Morgan fingerprint density at radius 2 is 1.79 bits per heavy atom. The van der Waals surface area contributed by atoms with E-state index in [0.29, 0.717) is 31.9 Å². The molecule has 5 N–H and O–H groups in total. The molecule has 4 atom stereocenters. The van der Waals surface area contributed by atoms with Crippen LogP contribution < -0.4 is 14.8 Å². The van der Waals surface area contributed by atoms with Crippen molar-refractivity contribution in [3.05, 3.63) is 45.1 Å². The van der Waals surface area contributed by atoms with E-state index in [-0.39, 0.29) is 16.5 Å². The number of halogens is 4. The zero-order chi connectivity index (χ0) is 25.0. The van der Waals surface area contributed by atoms with Gasteiger partial charge in [0.25, 0.3) is 0 Å². The Kier molecular flexibility index (Phi) is 9.10. The van der Waals surface area contributed by atoms with E-state index in [9.17, 15) is 19.7 Å². The lowest BCUT2D eigenvalue weighted by Crippen LogP contribution is -2.48. The summed E-state index contributed by atoms with van der Waals surface area (Å²) in [5.74, 6) is 0.631. The number of anilines is 2. The van der Waals surface area contributed by atoms with Crippen LogP contribution in [0.1, 0.15) is 0 Å². The van der Waals surface area contributed by atoms with E-state index >= 15 is 0 Å². The summed E-state index contributed by atoms with van der Waals surface area (Å²) in [6.07, 6.45) is -6.05. The first kappa shape index (κ1) is 26.6. The largest absolute Gasteiger partial charge is 0.493 e. The number of alkyl halides is 1. The summed E-state index contributed by atoms with van der Waals surface area (Å²) in [5.41, 5.74) is 0.898. The van der Waals surface area contributed by atoms with Crippen molar-refractivity contribution >= 4 is 61.5 Å². The number of rotatable bonds is 10. The molecule has 0 saturated heterocycles. The molecule has 0 unspecified atom stereocenters. The van der Waals surface area contributed by atoms with Crippen LogP contribution in [0, 0.1) is 0 Å². The van der Waals surface area contributed by atoms with Crippen molar-refractivity contribution in [2.45, 2.75) is 24.5 Å². The van der Waals surface area contributed by atoms with Gasteiger partial charge in [-0.15, -0.1) is 0 Å².